The van der Waals surface area contributed by atoms with Gasteiger partial charge in [-0.05, 0) is 29.8 Å². The summed E-state index contributed by atoms with van der Waals surface area (Å²) >= 11 is 0. The van der Waals surface area contributed by atoms with Crippen molar-refractivity contribution in [3.8, 4) is 17.6 Å². The van der Waals surface area contributed by atoms with Gasteiger partial charge in [0, 0.05) is 44.8 Å². The van der Waals surface area contributed by atoms with Gasteiger partial charge >= 0.3 is 0 Å². The maximum absolute atomic E-state index is 12.9. The van der Waals surface area contributed by atoms with Gasteiger partial charge in [-0.2, -0.15) is 5.26 Å². The Morgan fingerprint density at radius 3 is 2.47 bits per heavy atom. The Hall–Kier alpha value is -3.70. The third kappa shape index (κ3) is 4.02. The number of amides is 1. The fourth-order valence-corrected chi connectivity index (χ4v) is 3.58. The molecule has 1 saturated heterocycles. The summed E-state index contributed by atoms with van der Waals surface area (Å²) < 4.78 is 6.97. The lowest BCUT2D eigenvalue weighted by Crippen LogP contribution is -2.49. The standard InChI is InChI=1S/C22H22N6O2/c1-30-19-5-2-17(3-6-19)20(14-23)26-10-12-27(13-11-26)22(29)18-4-7-21(25-15-18)28-9-8-24-16-28/h2-9,15-16,20H,10-13H2,1H3. The van der Waals surface area contributed by atoms with E-state index in [0.717, 1.165) is 11.3 Å². The van der Waals surface area contributed by atoms with Crippen molar-refractivity contribution in [1.29, 1.82) is 5.26 Å². The average molecular weight is 402 g/mol. The minimum Gasteiger partial charge on any atom is -0.497 e. The Bertz CT molecular complexity index is 1020. The monoisotopic (exact) mass is 402 g/mol. The minimum atomic E-state index is -0.343. The predicted molar refractivity (Wildman–Crippen MR) is 110 cm³/mol. The molecular weight excluding hydrogens is 380 g/mol. The van der Waals surface area contributed by atoms with Crippen LogP contribution in [-0.4, -0.2) is 63.5 Å². The number of hydrogen-bond donors (Lipinski definition) is 0. The lowest BCUT2D eigenvalue weighted by molar-refractivity contribution is 0.0606. The van der Waals surface area contributed by atoms with Gasteiger partial charge < -0.3 is 9.64 Å². The fourth-order valence-electron chi connectivity index (χ4n) is 3.58. The molecule has 0 aliphatic carbocycles. The van der Waals surface area contributed by atoms with Crippen LogP contribution in [0.15, 0.2) is 61.3 Å². The molecule has 8 heteroatoms. The molecule has 3 aromatic rings. The number of piperazine rings is 1. The van der Waals surface area contributed by atoms with Crippen molar-refractivity contribution in [3.63, 3.8) is 0 Å². The van der Waals surface area contributed by atoms with E-state index in [1.165, 1.54) is 0 Å². The molecule has 1 atom stereocenters. The quantitative estimate of drug-likeness (QED) is 0.651. The second-order valence-corrected chi connectivity index (χ2v) is 7.01. The highest BCUT2D eigenvalue weighted by Gasteiger charge is 2.27. The molecule has 3 heterocycles. The number of carbonyl (C=O) groups excluding carboxylic acids is 1. The van der Waals surface area contributed by atoms with Gasteiger partial charge in [0.2, 0.25) is 0 Å². The second kappa shape index (κ2) is 8.76. The maximum Gasteiger partial charge on any atom is 0.255 e. The number of ether oxygens (including phenoxy) is 1. The van der Waals surface area contributed by atoms with Crippen LogP contribution in [0, 0.1) is 11.3 Å². The highest BCUT2D eigenvalue weighted by molar-refractivity contribution is 5.94. The Morgan fingerprint density at radius 1 is 1.13 bits per heavy atom. The molecule has 0 N–H and O–H groups in total. The number of pyridine rings is 1. The van der Waals surface area contributed by atoms with Crippen LogP contribution in [0.4, 0.5) is 0 Å². The van der Waals surface area contributed by atoms with Crippen LogP contribution < -0.4 is 4.74 Å². The number of nitriles is 1. The van der Waals surface area contributed by atoms with Crippen molar-refractivity contribution < 1.29 is 9.53 Å². The largest absolute Gasteiger partial charge is 0.497 e. The second-order valence-electron chi connectivity index (χ2n) is 7.01. The van der Waals surface area contributed by atoms with Gasteiger partial charge in [-0.3, -0.25) is 14.3 Å². The van der Waals surface area contributed by atoms with Crippen LogP contribution in [0.1, 0.15) is 22.0 Å². The van der Waals surface area contributed by atoms with Crippen molar-refractivity contribution in [2.45, 2.75) is 6.04 Å². The average Bonchev–Trinajstić information content (AvgIpc) is 3.35. The normalized spacial score (nSPS) is 15.4. The molecule has 0 saturated carbocycles. The topological polar surface area (TPSA) is 87.3 Å². The Kier molecular flexibility index (Phi) is 5.72. The van der Waals surface area contributed by atoms with E-state index >= 15 is 0 Å². The zero-order valence-corrected chi connectivity index (χ0v) is 16.7. The van der Waals surface area contributed by atoms with Crippen molar-refractivity contribution in [1.82, 2.24) is 24.3 Å². The SMILES string of the molecule is COc1ccc(C(C#N)N2CCN(C(=O)c3ccc(-n4ccnc4)nc3)CC2)cc1. The van der Waals surface area contributed by atoms with Crippen LogP contribution in [0.2, 0.25) is 0 Å². The first kappa shape index (κ1) is 19.6. The van der Waals surface area contributed by atoms with Crippen molar-refractivity contribution in [2.75, 3.05) is 33.3 Å². The summed E-state index contributed by atoms with van der Waals surface area (Å²) in [5.41, 5.74) is 1.48. The molecule has 8 nitrogen and oxygen atoms in total. The molecule has 1 aliphatic heterocycles. The van der Waals surface area contributed by atoms with E-state index in [1.54, 1.807) is 48.7 Å². The van der Waals surface area contributed by atoms with Crippen LogP contribution >= 0.6 is 0 Å². The Labute approximate surface area is 175 Å². The molecule has 152 valence electrons. The van der Waals surface area contributed by atoms with Crippen LogP contribution in [0.5, 0.6) is 5.75 Å². The van der Waals surface area contributed by atoms with E-state index in [9.17, 15) is 10.1 Å². The zero-order valence-electron chi connectivity index (χ0n) is 16.7. The molecule has 0 spiro atoms. The molecule has 1 aliphatic rings. The number of nitrogens with zero attached hydrogens (tertiary/aromatic N) is 6. The number of imidazole rings is 1. The molecule has 0 bridgehead atoms. The van der Waals surface area contributed by atoms with Gasteiger partial charge in [0.15, 0.2) is 0 Å². The molecule has 1 unspecified atom stereocenters. The number of benzene rings is 1. The van der Waals surface area contributed by atoms with E-state index in [2.05, 4.69) is 20.9 Å². The molecule has 4 rings (SSSR count). The summed E-state index contributed by atoms with van der Waals surface area (Å²) in [7, 11) is 1.62. The van der Waals surface area contributed by atoms with E-state index < -0.39 is 0 Å². The van der Waals surface area contributed by atoms with Gasteiger partial charge in [0.1, 0.15) is 23.9 Å². The summed E-state index contributed by atoms with van der Waals surface area (Å²) in [6, 6.07) is 13.2. The number of rotatable bonds is 5. The maximum atomic E-state index is 12.9. The summed E-state index contributed by atoms with van der Waals surface area (Å²) in [4.78, 5) is 25.1. The highest BCUT2D eigenvalue weighted by Crippen LogP contribution is 2.24. The van der Waals surface area contributed by atoms with Crippen molar-refractivity contribution >= 4 is 5.91 Å². The third-order valence-corrected chi connectivity index (χ3v) is 5.28. The molecule has 1 fully saturated rings. The zero-order chi connectivity index (χ0) is 20.9. The summed E-state index contributed by atoms with van der Waals surface area (Å²) in [6.07, 6.45) is 6.75. The van der Waals surface area contributed by atoms with Crippen molar-refractivity contribution in [2.24, 2.45) is 0 Å². The van der Waals surface area contributed by atoms with Crippen LogP contribution in [-0.2, 0) is 0 Å². The lowest BCUT2D eigenvalue weighted by Gasteiger charge is -2.37. The summed E-state index contributed by atoms with van der Waals surface area (Å²) in [5.74, 6) is 1.43. The number of aromatic nitrogens is 3. The molecule has 1 aromatic carbocycles. The van der Waals surface area contributed by atoms with E-state index in [4.69, 9.17) is 4.74 Å². The predicted octanol–water partition coefficient (Wildman–Crippen LogP) is 2.30. The van der Waals surface area contributed by atoms with Crippen molar-refractivity contribution in [3.05, 3.63) is 72.4 Å². The van der Waals surface area contributed by atoms with Gasteiger partial charge in [-0.15, -0.1) is 0 Å². The summed E-state index contributed by atoms with van der Waals surface area (Å²) in [5, 5.41) is 9.70. The fraction of sp³-hybridized carbons (Fsp3) is 0.273. The van der Waals surface area contributed by atoms with Crippen LogP contribution in [0.25, 0.3) is 5.82 Å². The molecule has 1 amide bonds. The first-order valence-electron chi connectivity index (χ1n) is 9.71. The number of methoxy groups -OCH3 is 1. The number of hydrogen-bond acceptors (Lipinski definition) is 6. The Morgan fingerprint density at radius 2 is 1.90 bits per heavy atom. The van der Waals surface area contributed by atoms with Gasteiger partial charge in [-0.25, -0.2) is 9.97 Å². The highest BCUT2D eigenvalue weighted by atomic mass is 16.5. The summed E-state index contributed by atoms with van der Waals surface area (Å²) in [6.45, 7) is 2.40. The minimum absolute atomic E-state index is 0.0442. The first-order valence-corrected chi connectivity index (χ1v) is 9.71. The lowest BCUT2D eigenvalue weighted by atomic mass is 10.1. The smallest absolute Gasteiger partial charge is 0.255 e. The van der Waals surface area contributed by atoms with E-state index in [1.807, 2.05) is 29.2 Å². The van der Waals surface area contributed by atoms with Gasteiger partial charge in [0.05, 0.1) is 18.7 Å². The number of carbonyl (C=O) groups is 1. The molecular formula is C22H22N6O2. The van der Waals surface area contributed by atoms with Gasteiger partial charge in [0.25, 0.3) is 5.91 Å². The van der Waals surface area contributed by atoms with Crippen LogP contribution in [0.3, 0.4) is 0 Å². The van der Waals surface area contributed by atoms with E-state index in [-0.39, 0.29) is 11.9 Å². The third-order valence-electron chi connectivity index (χ3n) is 5.28. The molecule has 30 heavy (non-hydrogen) atoms. The Balaban J connectivity index is 1.38. The molecule has 2 aromatic heterocycles. The van der Waals surface area contributed by atoms with Gasteiger partial charge in [-0.1, -0.05) is 12.1 Å². The van der Waals surface area contributed by atoms with E-state index in [0.29, 0.717) is 37.6 Å². The first-order chi connectivity index (χ1) is 14.7. The molecule has 0 radical (unpaired) electrons.